The molecule has 10 heteroatoms. The fourth-order valence-corrected chi connectivity index (χ4v) is 5.18. The minimum absolute atomic E-state index is 0. The van der Waals surface area contributed by atoms with E-state index in [1.165, 1.54) is 14.2 Å². The number of carbonyl (C=O) groups is 1. The van der Waals surface area contributed by atoms with Crippen LogP contribution in [0.4, 0.5) is 0 Å². The number of nitrogens with zero attached hydrogens (tertiary/aromatic N) is 1. The number of methoxy groups -OCH3 is 2. The van der Waals surface area contributed by atoms with Gasteiger partial charge < -0.3 is 38.4 Å². The lowest BCUT2D eigenvalue weighted by atomic mass is 9.66. The molecule has 2 unspecified atom stereocenters. The van der Waals surface area contributed by atoms with Crippen LogP contribution in [-0.2, 0) is 14.3 Å². The number of aromatic hydroxyl groups is 1. The number of cyclic esters (lactones) is 1. The lowest BCUT2D eigenvalue weighted by Gasteiger charge is -2.39. The van der Waals surface area contributed by atoms with E-state index >= 15 is 0 Å². The van der Waals surface area contributed by atoms with Crippen LogP contribution in [0.1, 0.15) is 28.7 Å². The van der Waals surface area contributed by atoms with E-state index in [0.717, 1.165) is 23.2 Å². The van der Waals surface area contributed by atoms with Gasteiger partial charge in [-0.15, -0.1) is 12.4 Å². The van der Waals surface area contributed by atoms with Gasteiger partial charge in [0, 0.05) is 18.4 Å². The first-order valence-corrected chi connectivity index (χ1v) is 11.2. The van der Waals surface area contributed by atoms with E-state index in [1.54, 1.807) is 12.1 Å². The van der Waals surface area contributed by atoms with Crippen LogP contribution in [0.2, 0.25) is 0 Å². The second-order valence-electron chi connectivity index (χ2n) is 9.00. The number of fused-ring (bicyclic) bond motifs is 3. The summed E-state index contributed by atoms with van der Waals surface area (Å²) < 4.78 is 34.1. The standard InChI is InChI=1S/C25H29NO8.ClH/c1-26(2)5-6-31-24-15-10-18-17(33-12-34-18)9-14(15)21(22-16(24)11-32-25(22)28)13-7-19(29-3)23(27)20(8-13)30-4;/h7-10,16,21-22,24,27H,5-6,11-12H2,1-4H3;1H/t16-,21?,22?,24+;/m1./s1. The molecule has 3 aliphatic rings. The highest BCUT2D eigenvalue weighted by molar-refractivity contribution is 5.85. The average molecular weight is 508 g/mol. The Morgan fingerprint density at radius 2 is 1.63 bits per heavy atom. The molecular weight excluding hydrogens is 478 g/mol. The molecule has 0 amide bonds. The lowest BCUT2D eigenvalue weighted by Crippen LogP contribution is -2.36. The van der Waals surface area contributed by atoms with E-state index in [1.807, 2.05) is 26.2 Å². The first-order chi connectivity index (χ1) is 16.4. The smallest absolute Gasteiger partial charge is 0.310 e. The van der Waals surface area contributed by atoms with Gasteiger partial charge in [-0.2, -0.15) is 0 Å². The number of hydrogen-bond donors (Lipinski definition) is 1. The van der Waals surface area contributed by atoms with Gasteiger partial charge in [0.1, 0.15) is 0 Å². The van der Waals surface area contributed by atoms with Crippen molar-refractivity contribution in [3.8, 4) is 28.7 Å². The Balaban J connectivity index is 0.00000289. The van der Waals surface area contributed by atoms with Crippen molar-refractivity contribution >= 4 is 18.4 Å². The Morgan fingerprint density at radius 3 is 2.23 bits per heavy atom. The van der Waals surface area contributed by atoms with Gasteiger partial charge in [0.15, 0.2) is 23.0 Å². The van der Waals surface area contributed by atoms with Crippen LogP contribution in [0.25, 0.3) is 0 Å². The Labute approximate surface area is 210 Å². The SMILES string of the molecule is COc1cc(C2c3cc4c(cc3[C@H](OCCN(C)C)[C@@H]3COC(=O)C23)OCO4)cc(OC)c1O.Cl. The van der Waals surface area contributed by atoms with Gasteiger partial charge >= 0.3 is 5.97 Å². The maximum atomic E-state index is 13.1. The van der Waals surface area contributed by atoms with Crippen LogP contribution < -0.4 is 18.9 Å². The van der Waals surface area contributed by atoms with Gasteiger partial charge in [-0.05, 0) is 55.1 Å². The quantitative estimate of drug-likeness (QED) is 0.567. The van der Waals surface area contributed by atoms with E-state index in [9.17, 15) is 9.90 Å². The van der Waals surface area contributed by atoms with Crippen molar-refractivity contribution in [1.29, 1.82) is 0 Å². The molecule has 2 aromatic carbocycles. The topological polar surface area (TPSA) is 95.9 Å². The average Bonchev–Trinajstić information content (AvgIpc) is 3.44. The zero-order valence-corrected chi connectivity index (χ0v) is 20.9. The predicted molar refractivity (Wildman–Crippen MR) is 128 cm³/mol. The van der Waals surface area contributed by atoms with Crippen molar-refractivity contribution in [3.63, 3.8) is 0 Å². The molecule has 5 rings (SSSR count). The van der Waals surface area contributed by atoms with Crippen LogP contribution in [-0.4, -0.2) is 70.8 Å². The summed E-state index contributed by atoms with van der Waals surface area (Å²) in [5, 5.41) is 10.5. The fraction of sp³-hybridized carbons (Fsp3) is 0.480. The summed E-state index contributed by atoms with van der Waals surface area (Å²) in [6.07, 6.45) is -0.335. The largest absolute Gasteiger partial charge is 0.502 e. The molecule has 0 radical (unpaired) electrons. The van der Waals surface area contributed by atoms with Crippen molar-refractivity contribution in [1.82, 2.24) is 4.90 Å². The summed E-state index contributed by atoms with van der Waals surface area (Å²) in [6, 6.07) is 7.37. The first kappa shape index (κ1) is 25.2. The number of benzene rings is 2. The Bertz CT molecular complexity index is 1080. The summed E-state index contributed by atoms with van der Waals surface area (Å²) in [6.45, 7) is 1.67. The highest BCUT2D eigenvalue weighted by Gasteiger charge is 2.53. The maximum Gasteiger partial charge on any atom is 0.310 e. The van der Waals surface area contributed by atoms with Crippen molar-refractivity contribution in [3.05, 3.63) is 41.0 Å². The van der Waals surface area contributed by atoms with E-state index in [-0.39, 0.29) is 67.0 Å². The third kappa shape index (κ3) is 4.32. The van der Waals surface area contributed by atoms with Crippen LogP contribution in [0.15, 0.2) is 24.3 Å². The zero-order valence-electron chi connectivity index (χ0n) is 20.1. The molecule has 1 N–H and O–H groups in total. The zero-order chi connectivity index (χ0) is 24.0. The normalized spacial score (nSPS) is 23.9. The summed E-state index contributed by atoms with van der Waals surface area (Å²) in [5.74, 6) is 0.418. The fourth-order valence-electron chi connectivity index (χ4n) is 5.18. The highest BCUT2D eigenvalue weighted by Crippen LogP contribution is 2.56. The molecule has 1 fully saturated rings. The molecule has 9 nitrogen and oxygen atoms in total. The number of phenols is 1. The molecule has 0 bridgehead atoms. The predicted octanol–water partition coefficient (Wildman–Crippen LogP) is 3.11. The monoisotopic (exact) mass is 507 g/mol. The van der Waals surface area contributed by atoms with Gasteiger partial charge in [-0.25, -0.2) is 0 Å². The molecule has 1 aliphatic carbocycles. The molecule has 2 aliphatic heterocycles. The Kier molecular flexibility index (Phi) is 7.21. The molecule has 0 saturated carbocycles. The first-order valence-electron chi connectivity index (χ1n) is 11.2. The number of ether oxygens (including phenoxy) is 6. The molecule has 35 heavy (non-hydrogen) atoms. The van der Waals surface area contributed by atoms with Gasteiger partial charge in [0.05, 0.1) is 39.5 Å². The third-order valence-corrected chi connectivity index (χ3v) is 6.82. The lowest BCUT2D eigenvalue weighted by molar-refractivity contribution is -0.141. The molecule has 2 heterocycles. The minimum Gasteiger partial charge on any atom is -0.502 e. The number of hydrogen-bond acceptors (Lipinski definition) is 9. The van der Waals surface area contributed by atoms with Gasteiger partial charge in [0.25, 0.3) is 0 Å². The van der Waals surface area contributed by atoms with E-state index in [0.29, 0.717) is 18.1 Å². The second kappa shape index (κ2) is 10.0. The van der Waals surface area contributed by atoms with Crippen molar-refractivity contribution < 1.29 is 38.3 Å². The molecule has 0 spiro atoms. The van der Waals surface area contributed by atoms with Gasteiger partial charge in [-0.1, -0.05) is 0 Å². The summed E-state index contributed by atoms with van der Waals surface area (Å²) in [7, 11) is 6.94. The number of halogens is 1. The number of phenolic OH excluding ortho intramolecular Hbond substituents is 1. The molecular formula is C25H30ClNO8. The molecule has 2 aromatic rings. The molecule has 0 aromatic heterocycles. The third-order valence-electron chi connectivity index (χ3n) is 6.82. The minimum atomic E-state index is -0.476. The summed E-state index contributed by atoms with van der Waals surface area (Å²) in [5.41, 5.74) is 2.61. The van der Waals surface area contributed by atoms with Crippen LogP contribution in [0, 0.1) is 11.8 Å². The van der Waals surface area contributed by atoms with Crippen LogP contribution >= 0.6 is 12.4 Å². The van der Waals surface area contributed by atoms with Crippen molar-refractivity contribution in [2.75, 3.05) is 54.9 Å². The van der Waals surface area contributed by atoms with Gasteiger partial charge in [0.2, 0.25) is 12.5 Å². The Morgan fingerprint density at radius 1 is 1.00 bits per heavy atom. The van der Waals surface area contributed by atoms with Crippen LogP contribution in [0.3, 0.4) is 0 Å². The molecule has 190 valence electrons. The van der Waals surface area contributed by atoms with Crippen molar-refractivity contribution in [2.24, 2.45) is 11.8 Å². The Hall–Kier alpha value is -2.88. The van der Waals surface area contributed by atoms with E-state index < -0.39 is 5.92 Å². The van der Waals surface area contributed by atoms with Gasteiger partial charge in [-0.3, -0.25) is 4.79 Å². The molecule has 1 saturated heterocycles. The number of likely N-dealkylation sites (N-methyl/N-ethyl adjacent to an activating group) is 1. The number of esters is 1. The molecule has 4 atom stereocenters. The summed E-state index contributed by atoms with van der Waals surface area (Å²) in [4.78, 5) is 15.1. The summed E-state index contributed by atoms with van der Waals surface area (Å²) >= 11 is 0. The van der Waals surface area contributed by atoms with E-state index in [2.05, 4.69) is 4.90 Å². The highest BCUT2D eigenvalue weighted by atomic mass is 35.5. The second-order valence-corrected chi connectivity index (χ2v) is 9.00. The van der Waals surface area contributed by atoms with Crippen molar-refractivity contribution in [2.45, 2.75) is 12.0 Å². The van der Waals surface area contributed by atoms with Crippen LogP contribution in [0.5, 0.6) is 28.7 Å². The number of rotatable bonds is 7. The van der Waals surface area contributed by atoms with E-state index in [4.69, 9.17) is 28.4 Å². The number of carbonyl (C=O) groups excluding carboxylic acids is 1. The maximum absolute atomic E-state index is 13.1.